The molecule has 0 aliphatic carbocycles. The molecular weight excluding hydrogens is 426 g/mol. The second-order valence-electron chi connectivity index (χ2n) is 8.57. The molecule has 0 bridgehead atoms. The lowest BCUT2D eigenvalue weighted by molar-refractivity contribution is 0.458. The van der Waals surface area contributed by atoms with Crippen molar-refractivity contribution in [2.24, 2.45) is 13.0 Å². The molecule has 2 aromatic carbocycles. The molecule has 8 heteroatoms. The van der Waals surface area contributed by atoms with Gasteiger partial charge in [0, 0.05) is 30.8 Å². The Morgan fingerprint density at radius 2 is 1.88 bits per heavy atom. The van der Waals surface area contributed by atoms with Gasteiger partial charge in [-0.3, -0.25) is 13.9 Å². The van der Waals surface area contributed by atoms with Gasteiger partial charge in [-0.1, -0.05) is 48.9 Å². The minimum Gasteiger partial charge on any atom is -0.312 e. The highest BCUT2D eigenvalue weighted by Gasteiger charge is 2.30. The van der Waals surface area contributed by atoms with Gasteiger partial charge in [0.25, 0.3) is 5.56 Å². The van der Waals surface area contributed by atoms with Crippen LogP contribution in [0.4, 0.5) is 11.6 Å². The van der Waals surface area contributed by atoms with Gasteiger partial charge in [0.15, 0.2) is 11.2 Å². The first-order chi connectivity index (χ1) is 15.3. The van der Waals surface area contributed by atoms with E-state index >= 15 is 0 Å². The maximum atomic E-state index is 13.6. The molecule has 0 unspecified atom stereocenters. The van der Waals surface area contributed by atoms with E-state index in [0.29, 0.717) is 34.6 Å². The number of hydrogen-bond acceptors (Lipinski definition) is 4. The van der Waals surface area contributed by atoms with E-state index in [4.69, 9.17) is 16.6 Å². The van der Waals surface area contributed by atoms with E-state index in [1.54, 1.807) is 13.1 Å². The minimum absolute atomic E-state index is 0.110. The van der Waals surface area contributed by atoms with E-state index in [1.807, 2.05) is 34.9 Å². The van der Waals surface area contributed by atoms with Gasteiger partial charge in [-0.15, -0.1) is 0 Å². The highest BCUT2D eigenvalue weighted by Crippen LogP contribution is 2.33. The molecule has 0 saturated heterocycles. The number of imidazole rings is 1. The Morgan fingerprint density at radius 3 is 2.62 bits per heavy atom. The van der Waals surface area contributed by atoms with Crippen molar-refractivity contribution in [3.05, 3.63) is 85.5 Å². The smallest absolute Gasteiger partial charge is 0.312 e. The molecule has 7 nitrogen and oxygen atoms in total. The highest BCUT2D eigenvalue weighted by molar-refractivity contribution is 6.31. The van der Waals surface area contributed by atoms with Crippen molar-refractivity contribution in [1.29, 1.82) is 0 Å². The molecule has 5 rings (SSSR count). The Hall–Kier alpha value is -3.32. The Bertz CT molecular complexity index is 1470. The number of halogens is 1. The van der Waals surface area contributed by atoms with Crippen LogP contribution in [-0.2, 0) is 20.1 Å². The first-order valence-corrected chi connectivity index (χ1v) is 11.0. The maximum absolute atomic E-state index is 13.6. The largest absolute Gasteiger partial charge is 0.332 e. The van der Waals surface area contributed by atoms with E-state index in [0.717, 1.165) is 23.4 Å². The van der Waals surface area contributed by atoms with Crippen LogP contribution in [0.2, 0.25) is 5.02 Å². The van der Waals surface area contributed by atoms with Crippen LogP contribution < -0.4 is 16.1 Å². The van der Waals surface area contributed by atoms with Crippen LogP contribution in [0.3, 0.4) is 0 Å². The number of aryl methyl sites for hydroxylation is 2. The Morgan fingerprint density at radius 1 is 1.09 bits per heavy atom. The van der Waals surface area contributed by atoms with Crippen LogP contribution in [-0.4, -0.2) is 25.2 Å². The topological polar surface area (TPSA) is 65.1 Å². The summed E-state index contributed by atoms with van der Waals surface area (Å²) in [5, 5.41) is 0.524. The quantitative estimate of drug-likeness (QED) is 0.478. The molecule has 4 aromatic rings. The summed E-state index contributed by atoms with van der Waals surface area (Å²) in [6.45, 7) is 5.76. The summed E-state index contributed by atoms with van der Waals surface area (Å²) >= 11 is 6.30. The summed E-state index contributed by atoms with van der Waals surface area (Å²) in [5.41, 5.74) is 2.98. The van der Waals surface area contributed by atoms with Gasteiger partial charge >= 0.3 is 5.69 Å². The minimum atomic E-state index is -0.409. The normalized spacial score (nSPS) is 15.9. The first-order valence-electron chi connectivity index (χ1n) is 10.6. The summed E-state index contributed by atoms with van der Waals surface area (Å²) in [5.74, 6) is 0.986. The van der Waals surface area contributed by atoms with Crippen molar-refractivity contribution in [2.75, 3.05) is 11.4 Å². The van der Waals surface area contributed by atoms with E-state index < -0.39 is 5.69 Å². The third-order valence-corrected chi connectivity index (χ3v) is 6.41. The fourth-order valence-electron chi connectivity index (χ4n) is 4.45. The van der Waals surface area contributed by atoms with Crippen LogP contribution in [0.1, 0.15) is 18.1 Å². The SMILES string of the molecule is Cc1cccc(N2C[C@@H](C)Cn3c2nc2c3c(=O)n(Cc3ccccc3Cl)c(=O)n2C)c1. The van der Waals surface area contributed by atoms with Gasteiger partial charge in [0.05, 0.1) is 6.54 Å². The predicted molar refractivity (Wildman–Crippen MR) is 127 cm³/mol. The number of anilines is 2. The van der Waals surface area contributed by atoms with Gasteiger partial charge in [-0.25, -0.2) is 4.79 Å². The molecule has 1 aliphatic rings. The number of hydrogen-bond donors (Lipinski definition) is 0. The molecule has 164 valence electrons. The fraction of sp³-hybridized carbons (Fsp3) is 0.292. The lowest BCUT2D eigenvalue weighted by Crippen LogP contribution is -2.40. The molecule has 32 heavy (non-hydrogen) atoms. The van der Waals surface area contributed by atoms with Crippen molar-refractivity contribution in [1.82, 2.24) is 18.7 Å². The van der Waals surface area contributed by atoms with Gasteiger partial charge < -0.3 is 9.47 Å². The number of nitrogens with zero attached hydrogens (tertiary/aromatic N) is 5. The lowest BCUT2D eigenvalue weighted by Gasteiger charge is -2.33. The molecule has 0 fully saturated rings. The summed E-state index contributed by atoms with van der Waals surface area (Å²) in [6.07, 6.45) is 0. The zero-order valence-electron chi connectivity index (χ0n) is 18.2. The third kappa shape index (κ3) is 3.24. The second-order valence-corrected chi connectivity index (χ2v) is 8.98. The Balaban J connectivity index is 1.74. The van der Waals surface area contributed by atoms with E-state index in [9.17, 15) is 9.59 Å². The average Bonchev–Trinajstić information content (AvgIpc) is 3.15. The van der Waals surface area contributed by atoms with Crippen molar-refractivity contribution < 1.29 is 0 Å². The van der Waals surface area contributed by atoms with Gasteiger partial charge in [-0.05, 0) is 42.2 Å². The molecule has 0 saturated carbocycles. The number of benzene rings is 2. The predicted octanol–water partition coefficient (Wildman–Crippen LogP) is 3.69. The third-order valence-electron chi connectivity index (χ3n) is 6.04. The summed E-state index contributed by atoms with van der Waals surface area (Å²) in [6, 6.07) is 15.5. The van der Waals surface area contributed by atoms with Crippen LogP contribution in [0.5, 0.6) is 0 Å². The molecule has 0 spiro atoms. The standard InChI is InChI=1S/C24H24ClN5O2/c1-15-7-6-9-18(11-15)28-12-16(2)13-29-20-21(26-23(28)29)27(3)24(32)30(22(20)31)14-17-8-4-5-10-19(17)25/h4-11,16H,12-14H2,1-3H3/t16-/m1/s1. The average molecular weight is 450 g/mol. The summed E-state index contributed by atoms with van der Waals surface area (Å²) in [7, 11) is 1.66. The molecule has 0 N–H and O–H groups in total. The molecule has 3 heterocycles. The van der Waals surface area contributed by atoms with Crippen LogP contribution in [0, 0.1) is 12.8 Å². The van der Waals surface area contributed by atoms with E-state index in [1.165, 1.54) is 9.13 Å². The molecular formula is C24H24ClN5O2. The summed E-state index contributed by atoms with van der Waals surface area (Å²) < 4.78 is 4.66. The zero-order chi connectivity index (χ0) is 22.6. The molecule has 0 amide bonds. The van der Waals surface area contributed by atoms with Crippen LogP contribution in [0.25, 0.3) is 11.2 Å². The van der Waals surface area contributed by atoms with Gasteiger partial charge in [-0.2, -0.15) is 4.98 Å². The molecule has 0 radical (unpaired) electrons. The van der Waals surface area contributed by atoms with Gasteiger partial charge in [0.2, 0.25) is 5.95 Å². The summed E-state index contributed by atoms with van der Waals surface area (Å²) in [4.78, 5) is 33.6. The lowest BCUT2D eigenvalue weighted by atomic mass is 10.1. The van der Waals surface area contributed by atoms with Crippen LogP contribution in [0.15, 0.2) is 58.1 Å². The number of aromatic nitrogens is 4. The zero-order valence-corrected chi connectivity index (χ0v) is 19.0. The second kappa shape index (κ2) is 7.67. The number of rotatable bonds is 3. The fourth-order valence-corrected chi connectivity index (χ4v) is 4.65. The molecule has 1 aliphatic heterocycles. The molecule has 2 aromatic heterocycles. The number of fused-ring (bicyclic) bond motifs is 3. The van der Waals surface area contributed by atoms with E-state index in [-0.39, 0.29) is 12.1 Å². The maximum Gasteiger partial charge on any atom is 0.332 e. The molecule has 1 atom stereocenters. The Labute approximate surface area is 190 Å². The van der Waals surface area contributed by atoms with Crippen molar-refractivity contribution in [3.63, 3.8) is 0 Å². The van der Waals surface area contributed by atoms with Crippen molar-refractivity contribution in [3.8, 4) is 0 Å². The van der Waals surface area contributed by atoms with E-state index in [2.05, 4.69) is 30.9 Å². The van der Waals surface area contributed by atoms with Crippen molar-refractivity contribution in [2.45, 2.75) is 26.9 Å². The highest BCUT2D eigenvalue weighted by atomic mass is 35.5. The first kappa shape index (κ1) is 20.6. The van der Waals surface area contributed by atoms with Crippen molar-refractivity contribution >= 4 is 34.4 Å². The van der Waals surface area contributed by atoms with Crippen LogP contribution >= 0.6 is 11.6 Å². The van der Waals surface area contributed by atoms with Gasteiger partial charge in [0.1, 0.15) is 0 Å². The Kier molecular flexibility index (Phi) is 4.93. The monoisotopic (exact) mass is 449 g/mol.